The summed E-state index contributed by atoms with van der Waals surface area (Å²) >= 11 is 0. The van der Waals surface area contributed by atoms with E-state index in [-0.39, 0.29) is 30.5 Å². The van der Waals surface area contributed by atoms with E-state index in [0.29, 0.717) is 6.54 Å². The van der Waals surface area contributed by atoms with Gasteiger partial charge in [-0.05, 0) is 23.3 Å². The van der Waals surface area contributed by atoms with Crippen molar-refractivity contribution in [1.82, 2.24) is 10.2 Å². The summed E-state index contributed by atoms with van der Waals surface area (Å²) in [5.41, 5.74) is 2.47. The average molecular weight is 411 g/mol. The number of carbonyl (C=O) groups excluding carboxylic acids is 2. The van der Waals surface area contributed by atoms with Gasteiger partial charge in [0.2, 0.25) is 11.8 Å². The van der Waals surface area contributed by atoms with Gasteiger partial charge in [0.05, 0.1) is 24.8 Å². The molecule has 4 rings (SSSR count). The van der Waals surface area contributed by atoms with E-state index in [9.17, 15) is 14.0 Å². The Bertz CT molecular complexity index is 914. The third-order valence-corrected chi connectivity index (χ3v) is 5.71. The van der Waals surface area contributed by atoms with Crippen molar-refractivity contribution in [2.24, 2.45) is 5.92 Å². The molecule has 0 bridgehead atoms. The number of anilines is 1. The van der Waals surface area contributed by atoms with Crippen molar-refractivity contribution in [2.45, 2.75) is 19.5 Å². The molecular weight excluding hydrogens is 385 g/mol. The fourth-order valence-corrected chi connectivity index (χ4v) is 4.00. The molecule has 0 unspecified atom stereocenters. The number of morpholine rings is 1. The van der Waals surface area contributed by atoms with Crippen molar-refractivity contribution in [3.8, 4) is 0 Å². The SMILES string of the molecule is O=C(NCc1ccccc1CN1CCOCC1)[C@H]1CC(=O)N(c2ccccc2F)C1. The largest absolute Gasteiger partial charge is 0.379 e. The van der Waals surface area contributed by atoms with Crippen LogP contribution in [0.15, 0.2) is 48.5 Å². The summed E-state index contributed by atoms with van der Waals surface area (Å²) in [6, 6.07) is 14.2. The lowest BCUT2D eigenvalue weighted by Crippen LogP contribution is -2.36. The van der Waals surface area contributed by atoms with Crippen LogP contribution in [-0.4, -0.2) is 49.6 Å². The molecule has 2 saturated heterocycles. The van der Waals surface area contributed by atoms with Crippen molar-refractivity contribution < 1.29 is 18.7 Å². The van der Waals surface area contributed by atoms with Gasteiger partial charge >= 0.3 is 0 Å². The van der Waals surface area contributed by atoms with Gasteiger partial charge in [0.15, 0.2) is 0 Å². The molecule has 2 aromatic rings. The Kier molecular flexibility index (Phi) is 6.40. The molecule has 1 N–H and O–H groups in total. The lowest BCUT2D eigenvalue weighted by Gasteiger charge is -2.27. The molecule has 0 spiro atoms. The normalized spacial score (nSPS) is 19.8. The molecule has 7 heteroatoms. The van der Waals surface area contributed by atoms with Crippen LogP contribution >= 0.6 is 0 Å². The molecule has 30 heavy (non-hydrogen) atoms. The van der Waals surface area contributed by atoms with Gasteiger partial charge < -0.3 is 15.0 Å². The van der Waals surface area contributed by atoms with E-state index in [2.05, 4.69) is 16.3 Å². The monoisotopic (exact) mass is 411 g/mol. The second-order valence-electron chi connectivity index (χ2n) is 7.73. The van der Waals surface area contributed by atoms with Crippen LogP contribution in [0.5, 0.6) is 0 Å². The Morgan fingerprint density at radius 2 is 1.77 bits per heavy atom. The first kappa shape index (κ1) is 20.5. The third kappa shape index (κ3) is 4.68. The molecule has 2 heterocycles. The summed E-state index contributed by atoms with van der Waals surface area (Å²) in [6.07, 6.45) is 0.0928. The van der Waals surface area contributed by atoms with E-state index >= 15 is 0 Å². The van der Waals surface area contributed by atoms with Gasteiger partial charge in [-0.2, -0.15) is 0 Å². The van der Waals surface area contributed by atoms with Gasteiger partial charge in [-0.15, -0.1) is 0 Å². The van der Waals surface area contributed by atoms with E-state index in [1.807, 2.05) is 18.2 Å². The minimum Gasteiger partial charge on any atom is -0.379 e. The Morgan fingerprint density at radius 1 is 1.07 bits per heavy atom. The van der Waals surface area contributed by atoms with E-state index < -0.39 is 11.7 Å². The van der Waals surface area contributed by atoms with Crippen LogP contribution in [-0.2, 0) is 27.4 Å². The number of hydrogen-bond donors (Lipinski definition) is 1. The minimum atomic E-state index is -0.483. The van der Waals surface area contributed by atoms with Crippen molar-refractivity contribution >= 4 is 17.5 Å². The second kappa shape index (κ2) is 9.36. The molecule has 0 radical (unpaired) electrons. The first-order chi connectivity index (χ1) is 14.6. The van der Waals surface area contributed by atoms with E-state index in [0.717, 1.165) is 38.4 Å². The standard InChI is InChI=1S/C23H26FN3O3/c24-20-7-3-4-8-21(20)27-16-19(13-22(27)28)23(29)25-14-17-5-1-2-6-18(17)15-26-9-11-30-12-10-26/h1-8,19H,9-16H2,(H,25,29)/t19-/m0/s1. The van der Waals surface area contributed by atoms with Gasteiger partial charge in [-0.25, -0.2) is 4.39 Å². The van der Waals surface area contributed by atoms with E-state index in [1.165, 1.54) is 16.5 Å². The van der Waals surface area contributed by atoms with Crippen LogP contribution in [0.4, 0.5) is 10.1 Å². The lowest BCUT2D eigenvalue weighted by molar-refractivity contribution is -0.126. The maximum Gasteiger partial charge on any atom is 0.227 e. The van der Waals surface area contributed by atoms with Crippen molar-refractivity contribution in [3.05, 3.63) is 65.5 Å². The summed E-state index contributed by atoms with van der Waals surface area (Å²) in [5.74, 6) is -1.34. The first-order valence-electron chi connectivity index (χ1n) is 10.3. The molecule has 158 valence electrons. The minimum absolute atomic E-state index is 0.0928. The zero-order chi connectivity index (χ0) is 20.9. The molecule has 2 aliphatic rings. The number of nitrogens with one attached hydrogen (secondary N) is 1. The Labute approximate surface area is 175 Å². The fraction of sp³-hybridized carbons (Fsp3) is 0.391. The number of halogens is 1. The van der Waals surface area contributed by atoms with Gasteiger partial charge in [-0.3, -0.25) is 14.5 Å². The number of benzene rings is 2. The number of carbonyl (C=O) groups is 2. The van der Waals surface area contributed by atoms with E-state index in [4.69, 9.17) is 4.74 Å². The highest BCUT2D eigenvalue weighted by Crippen LogP contribution is 2.27. The Balaban J connectivity index is 1.36. The summed E-state index contributed by atoms with van der Waals surface area (Å²) < 4.78 is 19.4. The lowest BCUT2D eigenvalue weighted by atomic mass is 10.1. The van der Waals surface area contributed by atoms with Crippen molar-refractivity contribution in [3.63, 3.8) is 0 Å². The van der Waals surface area contributed by atoms with Crippen LogP contribution in [0.25, 0.3) is 0 Å². The molecule has 2 aromatic carbocycles. The highest BCUT2D eigenvalue weighted by molar-refractivity contribution is 6.00. The number of rotatable bonds is 6. The molecule has 0 saturated carbocycles. The number of para-hydroxylation sites is 1. The predicted molar refractivity (Wildman–Crippen MR) is 111 cm³/mol. The average Bonchev–Trinajstić information content (AvgIpc) is 3.15. The molecule has 2 amide bonds. The second-order valence-corrected chi connectivity index (χ2v) is 7.73. The predicted octanol–water partition coefficient (Wildman–Crippen LogP) is 2.33. The number of hydrogen-bond acceptors (Lipinski definition) is 4. The van der Waals surface area contributed by atoms with Crippen molar-refractivity contribution in [2.75, 3.05) is 37.7 Å². The van der Waals surface area contributed by atoms with Crippen LogP contribution < -0.4 is 10.2 Å². The summed E-state index contributed by atoms with van der Waals surface area (Å²) in [4.78, 5) is 28.8. The van der Waals surface area contributed by atoms with Crippen LogP contribution in [0.2, 0.25) is 0 Å². The Hall–Kier alpha value is -2.77. The highest BCUT2D eigenvalue weighted by Gasteiger charge is 2.36. The van der Waals surface area contributed by atoms with Gasteiger partial charge in [0.25, 0.3) is 0 Å². The molecule has 2 aliphatic heterocycles. The van der Waals surface area contributed by atoms with Crippen LogP contribution in [0.3, 0.4) is 0 Å². The summed E-state index contributed by atoms with van der Waals surface area (Å²) in [7, 11) is 0. The maximum atomic E-state index is 14.0. The maximum absolute atomic E-state index is 14.0. The van der Waals surface area contributed by atoms with Crippen LogP contribution in [0, 0.1) is 11.7 Å². The van der Waals surface area contributed by atoms with E-state index in [1.54, 1.807) is 18.2 Å². The van der Waals surface area contributed by atoms with Crippen LogP contribution in [0.1, 0.15) is 17.5 Å². The smallest absolute Gasteiger partial charge is 0.227 e. The molecule has 0 aliphatic carbocycles. The molecule has 2 fully saturated rings. The molecular formula is C23H26FN3O3. The van der Waals surface area contributed by atoms with Gasteiger partial charge in [-0.1, -0.05) is 36.4 Å². The number of nitrogens with zero attached hydrogens (tertiary/aromatic N) is 2. The number of amides is 2. The molecule has 6 nitrogen and oxygen atoms in total. The zero-order valence-electron chi connectivity index (χ0n) is 16.9. The fourth-order valence-electron chi connectivity index (χ4n) is 4.00. The highest BCUT2D eigenvalue weighted by atomic mass is 19.1. The topological polar surface area (TPSA) is 61.9 Å². The van der Waals surface area contributed by atoms with Crippen molar-refractivity contribution in [1.29, 1.82) is 0 Å². The summed E-state index contributed by atoms with van der Waals surface area (Å²) in [6.45, 7) is 4.71. The molecule has 1 atom stereocenters. The zero-order valence-corrected chi connectivity index (χ0v) is 16.9. The molecule has 0 aromatic heterocycles. The Morgan fingerprint density at radius 3 is 2.53 bits per heavy atom. The van der Waals surface area contributed by atoms with Gasteiger partial charge in [0, 0.05) is 39.1 Å². The quantitative estimate of drug-likeness (QED) is 0.793. The summed E-state index contributed by atoms with van der Waals surface area (Å²) in [5, 5.41) is 2.97. The third-order valence-electron chi connectivity index (χ3n) is 5.71. The first-order valence-corrected chi connectivity index (χ1v) is 10.3. The van der Waals surface area contributed by atoms with Gasteiger partial charge in [0.1, 0.15) is 5.82 Å². The number of ether oxygens (including phenoxy) is 1.